The number of nitrogens with zero attached hydrogens (tertiary/aromatic N) is 3. The number of aromatic nitrogens is 2. The molecule has 7 heteroatoms. The van der Waals surface area contributed by atoms with Crippen molar-refractivity contribution in [2.75, 3.05) is 5.32 Å². The van der Waals surface area contributed by atoms with Gasteiger partial charge in [0, 0.05) is 5.69 Å². The Morgan fingerprint density at radius 3 is 2.76 bits per heavy atom. The largest absolute Gasteiger partial charge is 0.324 e. The fraction of sp³-hybridized carbons (Fsp3) is 0.286. The number of nitro groups is 1. The summed E-state index contributed by atoms with van der Waals surface area (Å²) in [5.74, 6) is -0.276. The molecule has 2 rings (SSSR count). The molecule has 7 nitrogen and oxygen atoms in total. The van der Waals surface area contributed by atoms with Crippen molar-refractivity contribution in [2.24, 2.45) is 0 Å². The lowest BCUT2D eigenvalue weighted by Crippen LogP contribution is -2.24. The zero-order valence-corrected chi connectivity index (χ0v) is 12.0. The Hall–Kier alpha value is -2.70. The van der Waals surface area contributed by atoms with E-state index in [9.17, 15) is 14.9 Å². The second-order valence-electron chi connectivity index (χ2n) is 4.85. The molecule has 0 saturated carbocycles. The van der Waals surface area contributed by atoms with E-state index < -0.39 is 11.0 Å². The van der Waals surface area contributed by atoms with Crippen LogP contribution in [-0.4, -0.2) is 20.6 Å². The molecule has 1 aromatic heterocycles. The molecule has 2 aromatic rings. The van der Waals surface area contributed by atoms with Gasteiger partial charge in [-0.25, -0.2) is 0 Å². The Balaban J connectivity index is 2.15. The summed E-state index contributed by atoms with van der Waals surface area (Å²) >= 11 is 0. The van der Waals surface area contributed by atoms with E-state index in [0.29, 0.717) is 0 Å². The molecule has 0 radical (unpaired) electrons. The second kappa shape index (κ2) is 5.74. The summed E-state index contributed by atoms with van der Waals surface area (Å²) in [5, 5.41) is 17.3. The molecule has 0 spiro atoms. The van der Waals surface area contributed by atoms with Gasteiger partial charge in [-0.2, -0.15) is 5.10 Å². The Morgan fingerprint density at radius 1 is 1.43 bits per heavy atom. The summed E-state index contributed by atoms with van der Waals surface area (Å²) < 4.78 is 1.28. The van der Waals surface area contributed by atoms with Crippen LogP contribution >= 0.6 is 0 Å². The highest BCUT2D eigenvalue weighted by molar-refractivity contribution is 5.94. The smallest absolute Gasteiger partial charge is 0.307 e. The minimum absolute atomic E-state index is 0.138. The van der Waals surface area contributed by atoms with E-state index in [1.54, 1.807) is 6.92 Å². The van der Waals surface area contributed by atoms with E-state index in [4.69, 9.17) is 0 Å². The number of hydrogen-bond donors (Lipinski definition) is 1. The van der Waals surface area contributed by atoms with Gasteiger partial charge in [0.1, 0.15) is 18.4 Å². The van der Waals surface area contributed by atoms with Crippen molar-refractivity contribution in [1.82, 2.24) is 9.78 Å². The summed E-state index contributed by atoms with van der Waals surface area (Å²) in [6.07, 6.45) is 2.37. The normalized spacial score (nSPS) is 12.0. The number of rotatable bonds is 4. The van der Waals surface area contributed by atoms with Gasteiger partial charge in [-0.3, -0.25) is 19.6 Å². The number of nitrogens with one attached hydrogen (secondary N) is 1. The van der Waals surface area contributed by atoms with Crippen molar-refractivity contribution in [2.45, 2.75) is 26.8 Å². The first-order valence-corrected chi connectivity index (χ1v) is 6.45. The third-order valence-corrected chi connectivity index (χ3v) is 3.44. The lowest BCUT2D eigenvalue weighted by Gasteiger charge is -2.14. The van der Waals surface area contributed by atoms with Crippen LogP contribution in [0.4, 0.5) is 11.4 Å². The fourth-order valence-corrected chi connectivity index (χ4v) is 1.88. The molecule has 1 aromatic carbocycles. The molecule has 110 valence electrons. The van der Waals surface area contributed by atoms with E-state index in [2.05, 4.69) is 10.4 Å². The quantitative estimate of drug-likeness (QED) is 0.691. The topological polar surface area (TPSA) is 90.1 Å². The summed E-state index contributed by atoms with van der Waals surface area (Å²) in [6, 6.07) is 5.00. The molecule has 0 aliphatic heterocycles. The average Bonchev–Trinajstić information content (AvgIpc) is 2.93. The molecular formula is C14H16N4O3. The van der Waals surface area contributed by atoms with Gasteiger partial charge in [-0.15, -0.1) is 0 Å². The van der Waals surface area contributed by atoms with Crippen LogP contribution in [0.25, 0.3) is 0 Å². The standard InChI is InChI=1S/C14H16N4O3/c1-9-5-4-6-13(10(9)2)16-14(19)11(3)17-8-12(7-15-17)18(20)21/h4-8,11H,1-3H3,(H,16,19). The maximum atomic E-state index is 12.2. The Bertz CT molecular complexity index is 693. The minimum atomic E-state index is -0.640. The highest BCUT2D eigenvalue weighted by Crippen LogP contribution is 2.20. The van der Waals surface area contributed by atoms with Crippen molar-refractivity contribution in [1.29, 1.82) is 0 Å². The van der Waals surface area contributed by atoms with Crippen LogP contribution in [0.2, 0.25) is 0 Å². The van der Waals surface area contributed by atoms with E-state index >= 15 is 0 Å². The lowest BCUT2D eigenvalue weighted by atomic mass is 10.1. The highest BCUT2D eigenvalue weighted by atomic mass is 16.6. The molecule has 21 heavy (non-hydrogen) atoms. The van der Waals surface area contributed by atoms with Crippen molar-refractivity contribution in [3.05, 3.63) is 51.8 Å². The van der Waals surface area contributed by atoms with E-state index in [1.165, 1.54) is 10.9 Å². The average molecular weight is 288 g/mol. The fourth-order valence-electron chi connectivity index (χ4n) is 1.88. The van der Waals surface area contributed by atoms with E-state index in [1.807, 2.05) is 32.0 Å². The molecular weight excluding hydrogens is 272 g/mol. The van der Waals surface area contributed by atoms with Gasteiger partial charge in [-0.1, -0.05) is 12.1 Å². The highest BCUT2D eigenvalue weighted by Gasteiger charge is 2.19. The SMILES string of the molecule is Cc1cccc(NC(=O)C(C)n2cc([N+](=O)[O-])cn2)c1C. The van der Waals surface area contributed by atoms with Crippen LogP contribution in [0.3, 0.4) is 0 Å². The van der Waals surface area contributed by atoms with E-state index in [0.717, 1.165) is 23.0 Å². The van der Waals surface area contributed by atoms with Crippen molar-refractivity contribution in [3.8, 4) is 0 Å². The molecule has 0 aliphatic rings. The van der Waals surface area contributed by atoms with Gasteiger partial charge in [0.15, 0.2) is 0 Å². The molecule has 0 saturated heterocycles. The van der Waals surface area contributed by atoms with Gasteiger partial charge < -0.3 is 5.32 Å². The number of hydrogen-bond acceptors (Lipinski definition) is 4. The summed E-state index contributed by atoms with van der Waals surface area (Å²) in [6.45, 7) is 5.52. The number of anilines is 1. The van der Waals surface area contributed by atoms with Crippen LogP contribution in [0, 0.1) is 24.0 Å². The Morgan fingerprint density at radius 2 is 2.14 bits per heavy atom. The first kappa shape index (κ1) is 14.7. The van der Waals surface area contributed by atoms with Gasteiger partial charge in [-0.05, 0) is 38.0 Å². The number of aryl methyl sites for hydroxylation is 1. The lowest BCUT2D eigenvalue weighted by molar-refractivity contribution is -0.385. The van der Waals surface area contributed by atoms with Gasteiger partial charge in [0.2, 0.25) is 5.91 Å². The zero-order valence-electron chi connectivity index (χ0n) is 12.0. The van der Waals surface area contributed by atoms with Crippen LogP contribution in [-0.2, 0) is 4.79 Å². The molecule has 1 heterocycles. The molecule has 0 fully saturated rings. The number of benzene rings is 1. The second-order valence-corrected chi connectivity index (χ2v) is 4.85. The molecule has 1 atom stereocenters. The molecule has 1 N–H and O–H groups in total. The van der Waals surface area contributed by atoms with E-state index in [-0.39, 0.29) is 11.6 Å². The zero-order chi connectivity index (χ0) is 15.6. The minimum Gasteiger partial charge on any atom is -0.324 e. The first-order chi connectivity index (χ1) is 9.90. The summed E-state index contributed by atoms with van der Waals surface area (Å²) in [4.78, 5) is 22.3. The van der Waals surface area contributed by atoms with Crippen molar-refractivity contribution < 1.29 is 9.72 Å². The van der Waals surface area contributed by atoms with Crippen LogP contribution in [0.1, 0.15) is 24.1 Å². The molecule has 1 amide bonds. The monoisotopic (exact) mass is 288 g/mol. The van der Waals surface area contributed by atoms with Crippen molar-refractivity contribution in [3.63, 3.8) is 0 Å². The summed E-state index contributed by atoms with van der Waals surface area (Å²) in [7, 11) is 0. The maximum Gasteiger partial charge on any atom is 0.307 e. The van der Waals surface area contributed by atoms with Gasteiger partial charge in [0.05, 0.1) is 4.92 Å². The van der Waals surface area contributed by atoms with Crippen LogP contribution in [0.15, 0.2) is 30.6 Å². The third-order valence-electron chi connectivity index (χ3n) is 3.44. The number of carbonyl (C=O) groups excluding carboxylic acids is 1. The predicted octanol–water partition coefficient (Wildman–Crippen LogP) is 2.61. The molecule has 0 aliphatic carbocycles. The van der Waals surface area contributed by atoms with Crippen LogP contribution in [0.5, 0.6) is 0 Å². The Kier molecular flexibility index (Phi) is 4.02. The van der Waals surface area contributed by atoms with Crippen molar-refractivity contribution >= 4 is 17.3 Å². The van der Waals surface area contributed by atoms with Crippen LogP contribution < -0.4 is 5.32 Å². The maximum absolute atomic E-state index is 12.2. The molecule has 1 unspecified atom stereocenters. The van der Waals surface area contributed by atoms with Gasteiger partial charge >= 0.3 is 5.69 Å². The Labute approximate surface area is 121 Å². The molecule has 0 bridgehead atoms. The third kappa shape index (κ3) is 3.07. The first-order valence-electron chi connectivity index (χ1n) is 6.45. The predicted molar refractivity (Wildman–Crippen MR) is 78.1 cm³/mol. The number of amides is 1. The summed E-state index contributed by atoms with van der Waals surface area (Å²) in [5.41, 5.74) is 2.66. The van der Waals surface area contributed by atoms with Gasteiger partial charge in [0.25, 0.3) is 0 Å². The number of carbonyl (C=O) groups is 1.